The number of phenolic OH excluding ortho intramolecular Hbond substituents is 2. The molecule has 0 heterocycles. The van der Waals surface area contributed by atoms with Gasteiger partial charge in [-0.3, -0.25) is 4.79 Å². The molecule has 0 fully saturated rings. The number of halogens is 2. The summed E-state index contributed by atoms with van der Waals surface area (Å²) in [7, 11) is 0. The first-order chi connectivity index (χ1) is 9.02. The Bertz CT molecular complexity index is 639. The topological polar surface area (TPSA) is 57.5 Å². The second kappa shape index (κ2) is 5.51. The maximum atomic E-state index is 10.8. The van der Waals surface area contributed by atoms with Crippen LogP contribution >= 0.6 is 23.2 Å². The van der Waals surface area contributed by atoms with Crippen molar-refractivity contribution < 1.29 is 15.0 Å². The molecule has 2 rings (SSSR count). The van der Waals surface area contributed by atoms with Crippen LogP contribution in [0.15, 0.2) is 30.3 Å². The van der Waals surface area contributed by atoms with Crippen molar-refractivity contribution in [3.8, 4) is 11.5 Å². The highest BCUT2D eigenvalue weighted by atomic mass is 35.5. The van der Waals surface area contributed by atoms with E-state index < -0.39 is 0 Å². The van der Waals surface area contributed by atoms with Gasteiger partial charge >= 0.3 is 0 Å². The fourth-order valence-corrected chi connectivity index (χ4v) is 2.24. The van der Waals surface area contributed by atoms with Crippen molar-refractivity contribution in [1.82, 2.24) is 0 Å². The molecule has 0 aliphatic carbocycles. The summed E-state index contributed by atoms with van der Waals surface area (Å²) in [6.07, 6.45) is 0.733. The van der Waals surface area contributed by atoms with Gasteiger partial charge in [-0.2, -0.15) is 0 Å². The van der Waals surface area contributed by atoms with Crippen LogP contribution in [0.1, 0.15) is 21.5 Å². The predicted octanol–water partition coefficient (Wildman–Crippen LogP) is 3.81. The molecule has 19 heavy (non-hydrogen) atoms. The second-order valence-electron chi connectivity index (χ2n) is 4.03. The number of aldehydes is 1. The minimum absolute atomic E-state index is 0.0888. The molecule has 0 spiro atoms. The Labute approximate surface area is 120 Å². The lowest BCUT2D eigenvalue weighted by Gasteiger charge is -2.10. The SMILES string of the molecule is O=Cc1ccc(O)c(Cc2ccc(Cl)cc2Cl)c1O. The van der Waals surface area contributed by atoms with E-state index in [1.807, 2.05) is 0 Å². The Morgan fingerprint density at radius 1 is 1.11 bits per heavy atom. The first kappa shape index (κ1) is 13.7. The molecule has 0 aromatic heterocycles. The van der Waals surface area contributed by atoms with E-state index in [0.29, 0.717) is 21.9 Å². The molecule has 3 nitrogen and oxygen atoms in total. The second-order valence-corrected chi connectivity index (χ2v) is 4.88. The number of carbonyl (C=O) groups is 1. The lowest BCUT2D eigenvalue weighted by Crippen LogP contribution is -1.94. The number of benzene rings is 2. The summed E-state index contributed by atoms with van der Waals surface area (Å²) in [6, 6.07) is 7.67. The lowest BCUT2D eigenvalue weighted by molar-refractivity contribution is 0.112. The molecule has 98 valence electrons. The number of hydrogen-bond acceptors (Lipinski definition) is 3. The van der Waals surface area contributed by atoms with Gasteiger partial charge in [0.1, 0.15) is 11.5 Å². The molecule has 0 saturated carbocycles. The van der Waals surface area contributed by atoms with Gasteiger partial charge in [-0.15, -0.1) is 0 Å². The highest BCUT2D eigenvalue weighted by molar-refractivity contribution is 6.35. The Morgan fingerprint density at radius 2 is 1.84 bits per heavy atom. The third kappa shape index (κ3) is 2.83. The van der Waals surface area contributed by atoms with Crippen molar-refractivity contribution in [2.75, 3.05) is 0 Å². The minimum atomic E-state index is -0.235. The van der Waals surface area contributed by atoms with E-state index in [1.54, 1.807) is 18.2 Å². The van der Waals surface area contributed by atoms with Gasteiger partial charge in [0, 0.05) is 22.0 Å². The quantitative estimate of drug-likeness (QED) is 0.847. The standard InChI is InChI=1S/C14H10Cl2O3/c15-10-3-1-8(12(16)6-10)5-11-13(18)4-2-9(7-17)14(11)19/h1-4,6-7,18-19H,5H2. The van der Waals surface area contributed by atoms with Crippen LogP contribution in [0.25, 0.3) is 0 Å². The van der Waals surface area contributed by atoms with Crippen LogP contribution in [-0.4, -0.2) is 16.5 Å². The van der Waals surface area contributed by atoms with Crippen LogP contribution in [0, 0.1) is 0 Å². The number of hydrogen-bond donors (Lipinski definition) is 2. The first-order valence-electron chi connectivity index (χ1n) is 5.46. The molecule has 2 aromatic rings. The van der Waals surface area contributed by atoms with Gasteiger partial charge in [0.05, 0.1) is 5.56 Å². The summed E-state index contributed by atoms with van der Waals surface area (Å²) in [5.74, 6) is -0.324. The van der Waals surface area contributed by atoms with Crippen LogP contribution in [0.5, 0.6) is 11.5 Å². The Morgan fingerprint density at radius 3 is 2.47 bits per heavy atom. The van der Waals surface area contributed by atoms with Crippen molar-refractivity contribution in [2.24, 2.45) is 0 Å². The number of carbonyl (C=O) groups excluding carboxylic acids is 1. The average molecular weight is 297 g/mol. The molecule has 0 unspecified atom stereocenters. The molecular weight excluding hydrogens is 287 g/mol. The highest BCUT2D eigenvalue weighted by Crippen LogP contribution is 2.33. The summed E-state index contributed by atoms with van der Waals surface area (Å²) in [5.41, 5.74) is 1.08. The normalized spacial score (nSPS) is 10.4. The number of phenols is 2. The molecule has 0 aliphatic heterocycles. The molecule has 0 radical (unpaired) electrons. The maximum absolute atomic E-state index is 10.8. The highest BCUT2D eigenvalue weighted by Gasteiger charge is 2.14. The summed E-state index contributed by atoms with van der Waals surface area (Å²) >= 11 is 11.8. The van der Waals surface area contributed by atoms with Crippen LogP contribution < -0.4 is 0 Å². The van der Waals surface area contributed by atoms with E-state index in [1.165, 1.54) is 12.1 Å². The summed E-state index contributed by atoms with van der Waals surface area (Å²) < 4.78 is 0. The summed E-state index contributed by atoms with van der Waals surface area (Å²) in [4.78, 5) is 10.8. The van der Waals surface area contributed by atoms with Gasteiger partial charge in [-0.25, -0.2) is 0 Å². The Kier molecular flexibility index (Phi) is 3.98. The molecule has 5 heteroatoms. The maximum Gasteiger partial charge on any atom is 0.153 e. The fourth-order valence-electron chi connectivity index (χ4n) is 1.77. The van der Waals surface area contributed by atoms with Crippen molar-refractivity contribution >= 4 is 29.5 Å². The zero-order valence-electron chi connectivity index (χ0n) is 9.73. The number of aromatic hydroxyl groups is 2. The molecule has 0 aliphatic rings. The Balaban J connectivity index is 2.46. The van der Waals surface area contributed by atoms with E-state index in [4.69, 9.17) is 23.2 Å². The smallest absolute Gasteiger partial charge is 0.153 e. The zero-order chi connectivity index (χ0) is 14.0. The first-order valence-corrected chi connectivity index (χ1v) is 6.21. The van der Waals surface area contributed by atoms with Gasteiger partial charge in [0.15, 0.2) is 6.29 Å². The van der Waals surface area contributed by atoms with Gasteiger partial charge in [-0.1, -0.05) is 29.3 Å². The molecule has 0 atom stereocenters. The van der Waals surface area contributed by atoms with Gasteiger partial charge < -0.3 is 10.2 Å². The van der Waals surface area contributed by atoms with E-state index in [9.17, 15) is 15.0 Å². The molecule has 0 bridgehead atoms. The van der Waals surface area contributed by atoms with Crippen molar-refractivity contribution in [2.45, 2.75) is 6.42 Å². The third-order valence-corrected chi connectivity index (χ3v) is 3.39. The predicted molar refractivity (Wildman–Crippen MR) is 74.4 cm³/mol. The summed E-state index contributed by atoms with van der Waals surface area (Å²) in [5, 5.41) is 20.6. The van der Waals surface area contributed by atoms with E-state index in [-0.39, 0.29) is 29.0 Å². The summed E-state index contributed by atoms with van der Waals surface area (Å²) in [6.45, 7) is 0. The molecule has 0 amide bonds. The third-order valence-electron chi connectivity index (χ3n) is 2.80. The van der Waals surface area contributed by atoms with Gasteiger partial charge in [0.25, 0.3) is 0 Å². The van der Waals surface area contributed by atoms with Crippen LogP contribution in [-0.2, 0) is 6.42 Å². The number of rotatable bonds is 3. The van der Waals surface area contributed by atoms with Gasteiger partial charge in [-0.05, 0) is 29.8 Å². The lowest BCUT2D eigenvalue weighted by atomic mass is 10.0. The van der Waals surface area contributed by atoms with E-state index in [0.717, 1.165) is 0 Å². The molecule has 2 aromatic carbocycles. The average Bonchev–Trinajstić information content (AvgIpc) is 2.37. The van der Waals surface area contributed by atoms with Crippen molar-refractivity contribution in [3.63, 3.8) is 0 Å². The molecular formula is C14H10Cl2O3. The molecule has 0 saturated heterocycles. The van der Waals surface area contributed by atoms with Crippen LogP contribution in [0.2, 0.25) is 10.0 Å². The van der Waals surface area contributed by atoms with E-state index in [2.05, 4.69) is 0 Å². The zero-order valence-corrected chi connectivity index (χ0v) is 11.2. The van der Waals surface area contributed by atoms with Crippen LogP contribution in [0.3, 0.4) is 0 Å². The monoisotopic (exact) mass is 296 g/mol. The van der Waals surface area contributed by atoms with Crippen molar-refractivity contribution in [3.05, 3.63) is 57.1 Å². The largest absolute Gasteiger partial charge is 0.508 e. The Hall–Kier alpha value is -1.71. The van der Waals surface area contributed by atoms with Gasteiger partial charge in [0.2, 0.25) is 0 Å². The fraction of sp³-hybridized carbons (Fsp3) is 0.0714. The van der Waals surface area contributed by atoms with Crippen LogP contribution in [0.4, 0.5) is 0 Å². The molecule has 2 N–H and O–H groups in total. The minimum Gasteiger partial charge on any atom is -0.508 e. The van der Waals surface area contributed by atoms with Crippen molar-refractivity contribution in [1.29, 1.82) is 0 Å². The van der Waals surface area contributed by atoms with E-state index >= 15 is 0 Å².